The van der Waals surface area contributed by atoms with E-state index < -0.39 is 34.2 Å². The molecule has 8 nitrogen and oxygen atoms in total. The van der Waals surface area contributed by atoms with E-state index in [0.717, 1.165) is 31.1 Å². The molecule has 0 unspecified atom stereocenters. The topological polar surface area (TPSA) is 91.4 Å². The van der Waals surface area contributed by atoms with Crippen LogP contribution < -0.4 is 0 Å². The van der Waals surface area contributed by atoms with Crippen LogP contribution in [0.25, 0.3) is 0 Å². The number of methoxy groups -OCH3 is 1. The van der Waals surface area contributed by atoms with Gasteiger partial charge in [-0.25, -0.2) is 0 Å². The number of hydrogen-bond donors (Lipinski definition) is 0. The number of hydroxylamine groups is 2. The third-order valence-electron chi connectivity index (χ3n) is 5.32. The Labute approximate surface area is 172 Å². The highest BCUT2D eigenvalue weighted by molar-refractivity contribution is 7.86. The molecule has 0 aliphatic carbocycles. The monoisotopic (exact) mass is 427 g/mol. The fraction of sp³-hybridized carbons (Fsp3) is 0.650. The van der Waals surface area contributed by atoms with Crippen molar-refractivity contribution in [2.24, 2.45) is 5.92 Å². The van der Waals surface area contributed by atoms with Crippen molar-refractivity contribution in [1.29, 1.82) is 0 Å². The van der Waals surface area contributed by atoms with Crippen LogP contribution in [-0.2, 0) is 40.0 Å². The summed E-state index contributed by atoms with van der Waals surface area (Å²) in [6.45, 7) is 1.38. The maximum Gasteiger partial charge on any atom is 0.313 e. The molecule has 3 rings (SSSR count). The van der Waals surface area contributed by atoms with Crippen LogP contribution in [0.1, 0.15) is 31.2 Å². The minimum absolute atomic E-state index is 0.128. The van der Waals surface area contributed by atoms with Crippen LogP contribution in [0.4, 0.5) is 0 Å². The SMILES string of the molecule is COC(=O)[C@@H]1[C@@H]([C@@H](CCOCc2ccccc2)OS(C)(=O)=O)ON2CCCC[C@H]12. The van der Waals surface area contributed by atoms with Gasteiger partial charge in [0, 0.05) is 19.6 Å². The Morgan fingerprint density at radius 1 is 1.28 bits per heavy atom. The number of fused-ring (bicyclic) bond motifs is 1. The van der Waals surface area contributed by atoms with Crippen LogP contribution in [0.3, 0.4) is 0 Å². The zero-order valence-corrected chi connectivity index (χ0v) is 17.7. The van der Waals surface area contributed by atoms with Crippen molar-refractivity contribution in [3.05, 3.63) is 35.9 Å². The van der Waals surface area contributed by atoms with E-state index in [1.807, 2.05) is 30.3 Å². The average molecular weight is 428 g/mol. The van der Waals surface area contributed by atoms with Crippen molar-refractivity contribution in [3.63, 3.8) is 0 Å². The number of piperidine rings is 1. The fourth-order valence-corrected chi connectivity index (χ4v) is 4.70. The second-order valence-electron chi connectivity index (χ2n) is 7.49. The van der Waals surface area contributed by atoms with Gasteiger partial charge in [0.2, 0.25) is 0 Å². The lowest BCUT2D eigenvalue weighted by Crippen LogP contribution is -2.43. The van der Waals surface area contributed by atoms with Crippen molar-refractivity contribution < 1.29 is 31.7 Å². The van der Waals surface area contributed by atoms with Crippen LogP contribution in [0.15, 0.2) is 30.3 Å². The molecule has 2 heterocycles. The third kappa shape index (κ3) is 5.99. The largest absolute Gasteiger partial charge is 0.469 e. The highest BCUT2D eigenvalue weighted by atomic mass is 32.2. The smallest absolute Gasteiger partial charge is 0.313 e. The third-order valence-corrected chi connectivity index (χ3v) is 5.92. The number of ether oxygens (including phenoxy) is 2. The van der Waals surface area contributed by atoms with Crippen molar-refractivity contribution in [1.82, 2.24) is 5.06 Å². The zero-order chi connectivity index (χ0) is 20.9. The number of hydrogen-bond acceptors (Lipinski definition) is 8. The highest BCUT2D eigenvalue weighted by Crippen LogP contribution is 2.38. The quantitative estimate of drug-likeness (QED) is 0.335. The van der Waals surface area contributed by atoms with Crippen molar-refractivity contribution in [2.45, 2.75) is 50.5 Å². The summed E-state index contributed by atoms with van der Waals surface area (Å²) < 4.78 is 39.8. The van der Waals surface area contributed by atoms with Crippen LogP contribution in [0, 0.1) is 5.92 Å². The van der Waals surface area contributed by atoms with Crippen molar-refractivity contribution in [2.75, 3.05) is 26.5 Å². The first-order valence-electron chi connectivity index (χ1n) is 9.90. The lowest BCUT2D eigenvalue weighted by molar-refractivity contribution is -0.191. The number of carbonyl (C=O) groups is 1. The van der Waals surface area contributed by atoms with Crippen molar-refractivity contribution >= 4 is 16.1 Å². The molecule has 2 saturated heterocycles. The van der Waals surface area contributed by atoms with E-state index in [2.05, 4.69) is 0 Å². The first kappa shape index (κ1) is 22.2. The summed E-state index contributed by atoms with van der Waals surface area (Å²) in [4.78, 5) is 18.5. The second-order valence-corrected chi connectivity index (χ2v) is 9.09. The molecule has 9 heteroatoms. The predicted octanol–water partition coefficient (Wildman–Crippen LogP) is 1.90. The summed E-state index contributed by atoms with van der Waals surface area (Å²) in [5, 5.41) is 1.79. The molecule has 29 heavy (non-hydrogen) atoms. The van der Waals surface area contributed by atoms with E-state index in [-0.39, 0.29) is 19.1 Å². The molecule has 0 radical (unpaired) electrons. The van der Waals surface area contributed by atoms with E-state index in [4.69, 9.17) is 18.5 Å². The van der Waals surface area contributed by atoms with Gasteiger partial charge in [0.05, 0.1) is 26.0 Å². The summed E-state index contributed by atoms with van der Waals surface area (Å²) in [5.41, 5.74) is 1.02. The molecule has 0 N–H and O–H groups in total. The van der Waals surface area contributed by atoms with Gasteiger partial charge in [-0.15, -0.1) is 0 Å². The summed E-state index contributed by atoms with van der Waals surface area (Å²) in [6, 6.07) is 9.57. The van der Waals surface area contributed by atoms with Gasteiger partial charge in [-0.05, 0) is 18.4 Å². The lowest BCUT2D eigenvalue weighted by Gasteiger charge is -2.28. The predicted molar refractivity (Wildman–Crippen MR) is 105 cm³/mol. The summed E-state index contributed by atoms with van der Waals surface area (Å²) in [6.07, 6.45) is 2.46. The van der Waals surface area contributed by atoms with Gasteiger partial charge in [-0.2, -0.15) is 13.5 Å². The molecule has 0 aromatic heterocycles. The zero-order valence-electron chi connectivity index (χ0n) is 16.9. The fourth-order valence-electron chi connectivity index (χ4n) is 4.04. The van der Waals surface area contributed by atoms with Gasteiger partial charge in [0.15, 0.2) is 0 Å². The number of esters is 1. The van der Waals surface area contributed by atoms with Crippen molar-refractivity contribution in [3.8, 4) is 0 Å². The molecule has 0 amide bonds. The normalized spacial score (nSPS) is 26.1. The van der Waals surface area contributed by atoms with Gasteiger partial charge in [-0.3, -0.25) is 13.8 Å². The van der Waals surface area contributed by atoms with E-state index in [1.165, 1.54) is 7.11 Å². The summed E-state index contributed by atoms with van der Waals surface area (Å²) in [5.74, 6) is -1.00. The second kappa shape index (κ2) is 9.99. The number of benzene rings is 1. The molecule has 0 saturated carbocycles. The Balaban J connectivity index is 1.69. The van der Waals surface area contributed by atoms with Gasteiger partial charge >= 0.3 is 5.97 Å². The van der Waals surface area contributed by atoms with E-state index in [9.17, 15) is 13.2 Å². The van der Waals surface area contributed by atoms with Gasteiger partial charge in [0.1, 0.15) is 18.1 Å². The molecule has 1 aromatic carbocycles. The standard InChI is InChI=1S/C20H29NO7S/c1-25-20(22)18-16-10-6-7-12-21(16)27-19(18)17(28-29(2,23)24)11-13-26-14-15-8-4-3-5-9-15/h3-5,8-9,16-19H,6-7,10-14H2,1-2H3/t16-,17-,18+,19-/m1/s1. The van der Waals surface area contributed by atoms with Gasteiger partial charge in [0.25, 0.3) is 10.1 Å². The molecule has 162 valence electrons. The van der Waals surface area contributed by atoms with Gasteiger partial charge < -0.3 is 9.47 Å². The Bertz CT molecular complexity index is 770. The van der Waals surface area contributed by atoms with Crippen LogP contribution in [-0.4, -0.2) is 64.2 Å². The highest BCUT2D eigenvalue weighted by Gasteiger charge is 2.52. The molecule has 2 aliphatic rings. The molecule has 0 bridgehead atoms. The maximum absolute atomic E-state index is 12.5. The first-order valence-corrected chi connectivity index (χ1v) is 11.7. The Morgan fingerprint density at radius 3 is 2.72 bits per heavy atom. The molecule has 1 aromatic rings. The van der Waals surface area contributed by atoms with Crippen LogP contribution >= 0.6 is 0 Å². The molecule has 2 fully saturated rings. The molecule has 0 spiro atoms. The minimum Gasteiger partial charge on any atom is -0.469 e. The minimum atomic E-state index is -3.74. The summed E-state index contributed by atoms with van der Waals surface area (Å²) in [7, 11) is -2.41. The van der Waals surface area contributed by atoms with E-state index in [1.54, 1.807) is 5.06 Å². The van der Waals surface area contributed by atoms with Gasteiger partial charge in [-0.1, -0.05) is 36.8 Å². The molecular weight excluding hydrogens is 398 g/mol. The van der Waals surface area contributed by atoms with Crippen LogP contribution in [0.5, 0.6) is 0 Å². The molecular formula is C20H29NO7S. The van der Waals surface area contributed by atoms with E-state index in [0.29, 0.717) is 13.2 Å². The van der Waals surface area contributed by atoms with Crippen LogP contribution in [0.2, 0.25) is 0 Å². The lowest BCUT2D eigenvalue weighted by atomic mass is 9.86. The molecule has 2 aliphatic heterocycles. The molecule has 4 atom stereocenters. The van der Waals surface area contributed by atoms with E-state index >= 15 is 0 Å². The Hall–Kier alpha value is -1.52. The number of nitrogens with zero attached hydrogens (tertiary/aromatic N) is 1. The summed E-state index contributed by atoms with van der Waals surface area (Å²) >= 11 is 0. The average Bonchev–Trinajstić information content (AvgIpc) is 3.09. The number of rotatable bonds is 9. The number of carbonyl (C=O) groups excluding carboxylic acids is 1. The maximum atomic E-state index is 12.5. The Kier molecular flexibility index (Phi) is 7.64. The Morgan fingerprint density at radius 2 is 2.03 bits per heavy atom. The first-order chi connectivity index (χ1) is 13.9.